The van der Waals surface area contributed by atoms with Gasteiger partial charge in [0.1, 0.15) is 5.69 Å². The number of hydrogen-bond donors (Lipinski definition) is 2. The van der Waals surface area contributed by atoms with Crippen LogP contribution < -0.4 is 24.8 Å². The highest BCUT2D eigenvalue weighted by Crippen LogP contribution is 2.46. The molecular formula is C25H24ClN3O4. The molecule has 1 amide bonds. The topological polar surface area (TPSA) is 89.8 Å². The Morgan fingerprint density at radius 1 is 1.09 bits per heavy atom. The molecule has 0 aliphatic carbocycles. The third kappa shape index (κ3) is 3.15. The van der Waals surface area contributed by atoms with Crippen molar-refractivity contribution in [3.8, 4) is 17.2 Å². The van der Waals surface area contributed by atoms with Crippen molar-refractivity contribution in [1.82, 2.24) is 4.98 Å². The zero-order chi connectivity index (χ0) is 23.3. The lowest BCUT2D eigenvalue weighted by Crippen LogP contribution is -2.30. The minimum Gasteiger partial charge on any atom is -0.493 e. The van der Waals surface area contributed by atoms with E-state index in [0.717, 1.165) is 27.4 Å². The van der Waals surface area contributed by atoms with Crippen molar-refractivity contribution in [1.29, 1.82) is 0 Å². The van der Waals surface area contributed by atoms with E-state index in [1.54, 1.807) is 32.3 Å². The van der Waals surface area contributed by atoms with Crippen LogP contribution in [-0.4, -0.2) is 44.6 Å². The molecule has 0 saturated heterocycles. The summed E-state index contributed by atoms with van der Waals surface area (Å²) >= 11 is 6.34. The number of H-pyrrole nitrogens is 1. The summed E-state index contributed by atoms with van der Waals surface area (Å²) in [5, 5.41) is 2.77. The summed E-state index contributed by atoms with van der Waals surface area (Å²) in [6.45, 7) is 0.476. The summed E-state index contributed by atoms with van der Waals surface area (Å²) in [7, 11) is 4.65. The van der Waals surface area contributed by atoms with E-state index in [4.69, 9.17) is 31.5 Å². The molecule has 4 aromatic rings. The number of nitrogens with zero attached hydrogens (tertiary/aromatic N) is 1. The van der Waals surface area contributed by atoms with Gasteiger partial charge in [0.15, 0.2) is 11.5 Å². The Morgan fingerprint density at radius 3 is 2.48 bits per heavy atom. The van der Waals surface area contributed by atoms with Crippen LogP contribution in [0.15, 0.2) is 42.5 Å². The zero-order valence-corrected chi connectivity index (χ0v) is 19.3. The molecule has 1 atom stereocenters. The van der Waals surface area contributed by atoms with Crippen LogP contribution in [0.2, 0.25) is 0 Å². The van der Waals surface area contributed by atoms with E-state index in [-0.39, 0.29) is 11.8 Å². The first-order chi connectivity index (χ1) is 16.0. The third-order valence-electron chi connectivity index (χ3n) is 6.28. The number of hydrogen-bond acceptors (Lipinski definition) is 5. The predicted molar refractivity (Wildman–Crippen MR) is 131 cm³/mol. The maximum absolute atomic E-state index is 13.7. The number of carbonyl (C=O) groups is 1. The normalized spacial score (nSPS) is 15.2. The van der Waals surface area contributed by atoms with Gasteiger partial charge in [-0.15, -0.1) is 11.6 Å². The first-order valence-electron chi connectivity index (χ1n) is 10.5. The molecule has 0 fully saturated rings. The molecule has 33 heavy (non-hydrogen) atoms. The molecule has 8 heteroatoms. The monoisotopic (exact) mass is 465 g/mol. The number of anilines is 2. The average molecular weight is 466 g/mol. The van der Waals surface area contributed by atoms with Gasteiger partial charge < -0.3 is 29.8 Å². The SMILES string of the molecule is COc1cc2cc(C(=O)N3C[C@@H](CCl)c4c3cc(N)c3ccccc43)[nH]c2c(OC)c1OC. The smallest absolute Gasteiger partial charge is 0.274 e. The standard InChI is InChI=1S/C25H24ClN3O4/c1-31-20-9-13-8-18(28-22(13)24(33-3)23(20)32-2)25(30)29-12-14(11-26)21-16-7-5-4-6-15(16)17(27)10-19(21)29/h4-10,14,28H,11-12,27H2,1-3H3/t14-/m1/s1. The number of nitrogens with two attached hydrogens (primary N) is 1. The molecule has 3 aromatic carbocycles. The predicted octanol–water partition coefficient (Wildman–Crippen LogP) is 4.91. The van der Waals surface area contributed by atoms with E-state index >= 15 is 0 Å². The molecular weight excluding hydrogens is 442 g/mol. The number of nitrogen functional groups attached to an aromatic ring is 1. The molecule has 0 spiro atoms. The second-order valence-electron chi connectivity index (χ2n) is 8.00. The van der Waals surface area contributed by atoms with Gasteiger partial charge in [-0.05, 0) is 29.1 Å². The molecule has 1 aromatic heterocycles. The molecule has 1 aliphatic heterocycles. The first-order valence-corrected chi connectivity index (χ1v) is 11.1. The van der Waals surface area contributed by atoms with Crippen LogP contribution in [0, 0.1) is 0 Å². The molecule has 0 bridgehead atoms. The van der Waals surface area contributed by atoms with Crippen LogP contribution in [-0.2, 0) is 0 Å². The number of amides is 1. The highest BCUT2D eigenvalue weighted by molar-refractivity contribution is 6.19. The van der Waals surface area contributed by atoms with Gasteiger partial charge in [-0.3, -0.25) is 4.79 Å². The Hall–Kier alpha value is -3.58. The summed E-state index contributed by atoms with van der Waals surface area (Å²) < 4.78 is 16.5. The van der Waals surface area contributed by atoms with Crippen LogP contribution in [0.5, 0.6) is 17.2 Å². The minimum atomic E-state index is -0.172. The Labute approximate surface area is 196 Å². The largest absolute Gasteiger partial charge is 0.493 e. The molecule has 7 nitrogen and oxygen atoms in total. The van der Waals surface area contributed by atoms with Crippen molar-refractivity contribution in [2.45, 2.75) is 5.92 Å². The number of aromatic amines is 1. The van der Waals surface area contributed by atoms with Gasteiger partial charge >= 0.3 is 0 Å². The maximum atomic E-state index is 13.7. The van der Waals surface area contributed by atoms with E-state index < -0.39 is 0 Å². The molecule has 2 heterocycles. The number of nitrogens with one attached hydrogen (secondary N) is 1. The van der Waals surface area contributed by atoms with E-state index in [9.17, 15) is 4.79 Å². The van der Waals surface area contributed by atoms with Gasteiger partial charge in [0.25, 0.3) is 5.91 Å². The summed E-state index contributed by atoms with van der Waals surface area (Å²) in [5.41, 5.74) is 9.92. The van der Waals surface area contributed by atoms with E-state index in [0.29, 0.717) is 46.6 Å². The number of ether oxygens (including phenoxy) is 3. The molecule has 0 radical (unpaired) electrons. The summed E-state index contributed by atoms with van der Waals surface area (Å²) in [6.07, 6.45) is 0. The molecule has 170 valence electrons. The van der Waals surface area contributed by atoms with Crippen molar-refractivity contribution in [2.75, 3.05) is 44.4 Å². The second-order valence-corrected chi connectivity index (χ2v) is 8.31. The van der Waals surface area contributed by atoms with Gasteiger partial charge in [0.05, 0.1) is 32.5 Å². The second kappa shape index (κ2) is 8.08. The van der Waals surface area contributed by atoms with Crippen molar-refractivity contribution in [3.05, 3.63) is 53.7 Å². The fraction of sp³-hybridized carbons (Fsp3) is 0.240. The lowest BCUT2D eigenvalue weighted by Gasteiger charge is -2.18. The number of alkyl halides is 1. The maximum Gasteiger partial charge on any atom is 0.274 e. The van der Waals surface area contributed by atoms with Crippen LogP contribution in [0.1, 0.15) is 22.0 Å². The van der Waals surface area contributed by atoms with E-state index in [2.05, 4.69) is 4.98 Å². The average Bonchev–Trinajstić information content (AvgIpc) is 3.43. The van der Waals surface area contributed by atoms with Gasteiger partial charge in [0, 0.05) is 34.8 Å². The Kier molecular flexibility index (Phi) is 5.21. The van der Waals surface area contributed by atoms with Gasteiger partial charge in [-0.25, -0.2) is 0 Å². The zero-order valence-electron chi connectivity index (χ0n) is 18.6. The fourth-order valence-corrected chi connectivity index (χ4v) is 5.05. The number of halogens is 1. The van der Waals surface area contributed by atoms with Gasteiger partial charge in [-0.2, -0.15) is 0 Å². The minimum absolute atomic E-state index is 0.00946. The highest BCUT2D eigenvalue weighted by Gasteiger charge is 2.35. The Balaban J connectivity index is 1.64. The Morgan fingerprint density at radius 2 is 1.82 bits per heavy atom. The van der Waals surface area contributed by atoms with Crippen LogP contribution in [0.25, 0.3) is 21.7 Å². The van der Waals surface area contributed by atoms with Crippen molar-refractivity contribution >= 4 is 50.6 Å². The van der Waals surface area contributed by atoms with Gasteiger partial charge in [0.2, 0.25) is 5.75 Å². The fourth-order valence-electron chi connectivity index (χ4n) is 4.80. The van der Waals surface area contributed by atoms with Crippen molar-refractivity contribution in [3.63, 3.8) is 0 Å². The first kappa shape index (κ1) is 21.3. The van der Waals surface area contributed by atoms with E-state index in [1.165, 1.54) is 0 Å². The molecule has 3 N–H and O–H groups in total. The summed E-state index contributed by atoms with van der Waals surface area (Å²) in [6, 6.07) is 13.4. The van der Waals surface area contributed by atoms with Crippen molar-refractivity contribution in [2.24, 2.45) is 0 Å². The van der Waals surface area contributed by atoms with E-state index in [1.807, 2.05) is 36.4 Å². The lowest BCUT2D eigenvalue weighted by atomic mass is 9.95. The van der Waals surface area contributed by atoms with Crippen LogP contribution in [0.4, 0.5) is 11.4 Å². The van der Waals surface area contributed by atoms with Gasteiger partial charge in [-0.1, -0.05) is 24.3 Å². The quantitative estimate of drug-likeness (QED) is 0.323. The number of methoxy groups -OCH3 is 3. The molecule has 5 rings (SSSR count). The Bertz CT molecular complexity index is 1400. The third-order valence-corrected chi connectivity index (χ3v) is 6.65. The summed E-state index contributed by atoms with van der Waals surface area (Å²) in [5.74, 6) is 1.69. The molecule has 0 saturated carbocycles. The number of fused-ring (bicyclic) bond motifs is 4. The number of rotatable bonds is 5. The van der Waals surface area contributed by atoms with Crippen LogP contribution in [0.3, 0.4) is 0 Å². The lowest BCUT2D eigenvalue weighted by molar-refractivity contribution is 0.0984. The number of benzene rings is 3. The van der Waals surface area contributed by atoms with Crippen LogP contribution >= 0.6 is 11.6 Å². The van der Waals surface area contributed by atoms with Crippen molar-refractivity contribution < 1.29 is 19.0 Å². The molecule has 0 unspecified atom stereocenters. The molecule has 1 aliphatic rings. The number of carbonyl (C=O) groups excluding carboxylic acids is 1. The highest BCUT2D eigenvalue weighted by atomic mass is 35.5. The summed E-state index contributed by atoms with van der Waals surface area (Å²) in [4.78, 5) is 18.7. The number of aromatic nitrogens is 1.